The van der Waals surface area contributed by atoms with Gasteiger partial charge in [0, 0.05) is 58.2 Å². The molecule has 9 rings (SSSR count). The third-order valence-corrected chi connectivity index (χ3v) is 11.7. The molecular weight excluding hydrogens is 796 g/mol. The fraction of sp³-hybridized carbons (Fsp3) is 0.200. The topological polar surface area (TPSA) is 291 Å². The maximum absolute atomic E-state index is 12.9. The molecule has 0 amide bonds. The largest absolute Gasteiger partial charge is 0.508 e. The summed E-state index contributed by atoms with van der Waals surface area (Å²) in [5.41, 5.74) is 0.295. The monoisotopic (exact) mass is 834 g/mol. The van der Waals surface area contributed by atoms with Crippen LogP contribution < -0.4 is 14.2 Å². The lowest BCUT2D eigenvalue weighted by atomic mass is 9.73. The summed E-state index contributed by atoms with van der Waals surface area (Å²) < 4.78 is 18.9. The molecule has 314 valence electrons. The molecule has 8 atom stereocenters. The van der Waals surface area contributed by atoms with Crippen LogP contribution in [-0.4, -0.2) is 84.7 Å². The summed E-state index contributed by atoms with van der Waals surface area (Å²) in [6.45, 7) is 0. The number of phenolic OH excluding ortho intramolecular Hbond substituents is 10. The molecule has 0 radical (unpaired) electrons. The van der Waals surface area contributed by atoms with Crippen molar-refractivity contribution in [2.75, 3.05) is 0 Å². The van der Waals surface area contributed by atoms with E-state index in [2.05, 4.69) is 0 Å². The number of aromatic hydroxyl groups is 10. The molecule has 61 heavy (non-hydrogen) atoms. The Labute approximate surface area is 345 Å². The van der Waals surface area contributed by atoms with Crippen LogP contribution in [0.25, 0.3) is 0 Å². The van der Waals surface area contributed by atoms with E-state index < -0.39 is 94.5 Å². The number of rotatable bonds is 5. The van der Waals surface area contributed by atoms with Crippen LogP contribution in [0.1, 0.15) is 74.7 Å². The van der Waals surface area contributed by atoms with E-state index in [1.807, 2.05) is 0 Å². The molecule has 3 aliphatic rings. The second-order valence-corrected chi connectivity index (χ2v) is 15.3. The Morgan fingerprint density at radius 1 is 0.410 bits per heavy atom. The highest BCUT2D eigenvalue weighted by molar-refractivity contribution is 5.70. The number of aliphatic hydroxyl groups is 3. The van der Waals surface area contributed by atoms with Gasteiger partial charge in [-0.2, -0.15) is 0 Å². The van der Waals surface area contributed by atoms with Crippen molar-refractivity contribution in [2.24, 2.45) is 0 Å². The van der Waals surface area contributed by atoms with Gasteiger partial charge in [0.1, 0.15) is 58.6 Å². The van der Waals surface area contributed by atoms with Gasteiger partial charge >= 0.3 is 0 Å². The number of aliphatic hydroxyl groups excluding tert-OH is 3. The van der Waals surface area contributed by atoms with E-state index in [1.165, 1.54) is 78.9 Å². The lowest BCUT2D eigenvalue weighted by molar-refractivity contribution is 0.000360. The Balaban J connectivity index is 1.31. The van der Waals surface area contributed by atoms with Crippen molar-refractivity contribution in [1.29, 1.82) is 0 Å². The first-order chi connectivity index (χ1) is 29.1. The van der Waals surface area contributed by atoms with Crippen molar-refractivity contribution >= 4 is 0 Å². The molecule has 16 nitrogen and oxygen atoms in total. The Bertz CT molecular complexity index is 2730. The highest BCUT2D eigenvalue weighted by Gasteiger charge is 2.49. The molecule has 0 bridgehead atoms. The van der Waals surface area contributed by atoms with E-state index in [0.29, 0.717) is 0 Å². The van der Waals surface area contributed by atoms with Crippen LogP contribution in [0.4, 0.5) is 0 Å². The van der Waals surface area contributed by atoms with Gasteiger partial charge in [0.2, 0.25) is 0 Å². The lowest BCUT2D eigenvalue weighted by Crippen LogP contribution is -2.38. The molecule has 0 aromatic heterocycles. The predicted octanol–water partition coefficient (Wildman–Crippen LogP) is 5.03. The number of hydrogen-bond acceptors (Lipinski definition) is 16. The second kappa shape index (κ2) is 14.4. The zero-order chi connectivity index (χ0) is 43.2. The predicted molar refractivity (Wildman–Crippen MR) is 211 cm³/mol. The Hall–Kier alpha value is -7.40. The van der Waals surface area contributed by atoms with E-state index in [4.69, 9.17) is 14.2 Å². The fourth-order valence-corrected chi connectivity index (χ4v) is 8.75. The standard InChI is InChI=1S/C45H38O16/c46-20-4-6-22-32(14-20)59-43(18-2-9-26(49)29(52)12-18)40(57)34(22)36-38(55)24-16-31(54)42(17-1-8-25(48)28(51)11-17)61-45(24)37(39(36)56)35-23-7-5-21(47)15-33(23)60-44(41(35)58)19-3-10-27(50)30(53)13-19/h1-15,31,34-35,40-44,46-58H,16H2/t31-,34+,35-,40-,41-,42-,43+,44+/m1/s1. The highest BCUT2D eigenvalue weighted by Crippen LogP contribution is 2.60. The summed E-state index contributed by atoms with van der Waals surface area (Å²) in [6, 6.07) is 19.2. The van der Waals surface area contributed by atoms with Crippen molar-refractivity contribution < 1.29 is 80.6 Å². The normalized spacial score (nSPS) is 24.0. The molecule has 13 N–H and O–H groups in total. The minimum absolute atomic E-state index is 0.00791. The smallest absolute Gasteiger partial charge is 0.157 e. The van der Waals surface area contributed by atoms with Crippen molar-refractivity contribution in [3.8, 4) is 74.7 Å². The molecule has 0 saturated carbocycles. The molecule has 6 aromatic carbocycles. The van der Waals surface area contributed by atoms with Crippen LogP contribution in [-0.2, 0) is 6.42 Å². The van der Waals surface area contributed by atoms with Crippen molar-refractivity contribution in [3.05, 3.63) is 136 Å². The van der Waals surface area contributed by atoms with Crippen LogP contribution in [0.15, 0.2) is 91.0 Å². The van der Waals surface area contributed by atoms with Crippen LogP contribution in [0.3, 0.4) is 0 Å². The Morgan fingerprint density at radius 2 is 0.836 bits per heavy atom. The molecule has 16 heteroatoms. The van der Waals surface area contributed by atoms with Gasteiger partial charge in [-0.1, -0.05) is 30.3 Å². The summed E-state index contributed by atoms with van der Waals surface area (Å²) in [5, 5.41) is 144. The van der Waals surface area contributed by atoms with E-state index >= 15 is 0 Å². The zero-order valence-corrected chi connectivity index (χ0v) is 31.5. The van der Waals surface area contributed by atoms with Gasteiger partial charge in [0.05, 0.1) is 6.10 Å². The summed E-state index contributed by atoms with van der Waals surface area (Å²) >= 11 is 0. The molecule has 0 fully saturated rings. The van der Waals surface area contributed by atoms with Gasteiger partial charge in [-0.25, -0.2) is 0 Å². The molecular formula is C45H38O16. The maximum atomic E-state index is 12.9. The second-order valence-electron chi connectivity index (χ2n) is 15.3. The first-order valence-corrected chi connectivity index (χ1v) is 19.0. The SMILES string of the molecule is Oc1ccc2c(c1)O[C@@H](c1ccc(O)c(O)c1)[C@H](O)[C@H]2c1c(O)c([C@@H]2c3ccc(O)cc3O[C@@H](c3ccc(O)c(O)c3)[C@@H]2O)c(O)c2c1O[C@H](c1ccc(O)c(O)c1)[C@H](O)C2. The molecule has 3 aliphatic heterocycles. The van der Waals surface area contributed by atoms with Gasteiger partial charge in [0.25, 0.3) is 0 Å². The number of ether oxygens (including phenoxy) is 3. The molecule has 0 aliphatic carbocycles. The average Bonchev–Trinajstić information content (AvgIpc) is 3.22. The van der Waals surface area contributed by atoms with Gasteiger partial charge in [-0.05, 0) is 65.2 Å². The maximum Gasteiger partial charge on any atom is 0.157 e. The average molecular weight is 835 g/mol. The first-order valence-electron chi connectivity index (χ1n) is 19.0. The number of fused-ring (bicyclic) bond motifs is 3. The summed E-state index contributed by atoms with van der Waals surface area (Å²) in [6.07, 6.45) is -9.21. The summed E-state index contributed by atoms with van der Waals surface area (Å²) in [4.78, 5) is 0. The van der Waals surface area contributed by atoms with E-state index in [9.17, 15) is 66.4 Å². The van der Waals surface area contributed by atoms with E-state index in [1.54, 1.807) is 0 Å². The number of phenols is 10. The minimum atomic E-state index is -1.69. The quantitative estimate of drug-likeness (QED) is 0.101. The van der Waals surface area contributed by atoms with Crippen molar-refractivity contribution in [3.63, 3.8) is 0 Å². The van der Waals surface area contributed by atoms with Crippen molar-refractivity contribution in [2.45, 2.75) is 54.9 Å². The zero-order valence-electron chi connectivity index (χ0n) is 31.5. The number of hydrogen-bond donors (Lipinski definition) is 13. The molecule has 3 heterocycles. The van der Waals surface area contributed by atoms with E-state index in [-0.39, 0.29) is 79.7 Å². The Kier molecular flexibility index (Phi) is 9.23. The fourth-order valence-electron chi connectivity index (χ4n) is 8.75. The van der Waals surface area contributed by atoms with Crippen LogP contribution in [0.2, 0.25) is 0 Å². The third kappa shape index (κ3) is 6.35. The summed E-state index contributed by atoms with van der Waals surface area (Å²) in [7, 11) is 0. The number of benzene rings is 6. The molecule has 0 saturated heterocycles. The van der Waals surface area contributed by atoms with Crippen LogP contribution >= 0.6 is 0 Å². The minimum Gasteiger partial charge on any atom is -0.508 e. The van der Waals surface area contributed by atoms with E-state index in [0.717, 1.165) is 12.1 Å². The lowest BCUT2D eigenvalue weighted by Gasteiger charge is -2.42. The van der Waals surface area contributed by atoms with Crippen LogP contribution in [0, 0.1) is 0 Å². The van der Waals surface area contributed by atoms with Gasteiger partial charge in [-0.3, -0.25) is 0 Å². The highest BCUT2D eigenvalue weighted by atomic mass is 16.5. The first kappa shape index (κ1) is 39.1. The molecule has 0 unspecified atom stereocenters. The molecule has 6 aromatic rings. The van der Waals surface area contributed by atoms with Gasteiger partial charge in [0.15, 0.2) is 46.7 Å². The van der Waals surface area contributed by atoms with Gasteiger partial charge < -0.3 is 80.6 Å². The van der Waals surface area contributed by atoms with Gasteiger partial charge in [-0.15, -0.1) is 0 Å². The third-order valence-electron chi connectivity index (χ3n) is 11.7. The Morgan fingerprint density at radius 3 is 1.28 bits per heavy atom. The molecule has 0 spiro atoms. The van der Waals surface area contributed by atoms with Crippen LogP contribution in [0.5, 0.6) is 74.7 Å². The summed E-state index contributed by atoms with van der Waals surface area (Å²) in [5.74, 6) is -7.77. The van der Waals surface area contributed by atoms with Crippen molar-refractivity contribution in [1.82, 2.24) is 0 Å².